The molecule has 1 aromatic carbocycles. The number of hydrogen-bond acceptors (Lipinski definition) is 4. The highest BCUT2D eigenvalue weighted by Crippen LogP contribution is 2.44. The van der Waals surface area contributed by atoms with Gasteiger partial charge in [0.25, 0.3) is 5.91 Å². The number of carbonyl (C=O) groups is 1. The Bertz CT molecular complexity index is 800. The van der Waals surface area contributed by atoms with Gasteiger partial charge in [0, 0.05) is 31.4 Å². The van der Waals surface area contributed by atoms with Crippen LogP contribution in [0.1, 0.15) is 41.1 Å². The van der Waals surface area contributed by atoms with Gasteiger partial charge < -0.3 is 9.64 Å². The summed E-state index contributed by atoms with van der Waals surface area (Å²) in [7, 11) is 3.80. The summed E-state index contributed by atoms with van der Waals surface area (Å²) in [5.74, 6) is 1.01. The van der Waals surface area contributed by atoms with Gasteiger partial charge in [-0.3, -0.25) is 9.69 Å². The van der Waals surface area contributed by atoms with Crippen LogP contribution >= 0.6 is 0 Å². The number of nitrogens with zero attached hydrogens (tertiary/aromatic N) is 3. The van der Waals surface area contributed by atoms with Gasteiger partial charge in [0.05, 0.1) is 7.11 Å². The molecule has 0 aliphatic carbocycles. The van der Waals surface area contributed by atoms with Crippen molar-refractivity contribution in [1.29, 1.82) is 0 Å². The van der Waals surface area contributed by atoms with Crippen molar-refractivity contribution in [3.8, 4) is 5.88 Å². The van der Waals surface area contributed by atoms with E-state index in [0.29, 0.717) is 17.4 Å². The van der Waals surface area contributed by atoms with Crippen molar-refractivity contribution < 1.29 is 9.53 Å². The van der Waals surface area contributed by atoms with Crippen molar-refractivity contribution in [2.45, 2.75) is 30.7 Å². The molecule has 1 spiro atoms. The van der Waals surface area contributed by atoms with Gasteiger partial charge in [-0.2, -0.15) is 0 Å². The van der Waals surface area contributed by atoms with E-state index in [4.69, 9.17) is 4.74 Å². The number of pyridine rings is 1. The second kappa shape index (κ2) is 7.31. The molecule has 0 N–H and O–H groups in total. The van der Waals surface area contributed by atoms with E-state index >= 15 is 0 Å². The molecule has 0 radical (unpaired) electrons. The van der Waals surface area contributed by atoms with Crippen LogP contribution in [0.2, 0.25) is 0 Å². The first-order chi connectivity index (χ1) is 13.1. The molecular weight excluding hydrogens is 338 g/mol. The Hall–Kier alpha value is -2.40. The Labute approximate surface area is 161 Å². The van der Waals surface area contributed by atoms with Gasteiger partial charge in [-0.05, 0) is 49.9 Å². The SMILES string of the molecule is COc1ncccc1C(=O)N1CCC2(CC1)C[C@@H](c1ccccc1)CN2C. The number of likely N-dealkylation sites (tertiary alicyclic amines) is 2. The molecule has 27 heavy (non-hydrogen) atoms. The summed E-state index contributed by atoms with van der Waals surface area (Å²) in [6.45, 7) is 2.65. The maximum absolute atomic E-state index is 12.9. The highest BCUT2D eigenvalue weighted by Gasteiger charge is 2.46. The maximum Gasteiger partial charge on any atom is 0.259 e. The van der Waals surface area contributed by atoms with Crippen LogP contribution in [0.25, 0.3) is 0 Å². The van der Waals surface area contributed by atoms with Gasteiger partial charge in [0.15, 0.2) is 0 Å². The number of amides is 1. The summed E-state index contributed by atoms with van der Waals surface area (Å²) in [5.41, 5.74) is 2.19. The van der Waals surface area contributed by atoms with Crippen LogP contribution in [0.5, 0.6) is 5.88 Å². The summed E-state index contributed by atoms with van der Waals surface area (Å²) in [4.78, 5) is 21.6. The second-order valence-electron chi connectivity index (χ2n) is 7.77. The van der Waals surface area contributed by atoms with E-state index in [0.717, 1.165) is 32.5 Å². The highest BCUT2D eigenvalue weighted by atomic mass is 16.5. The Morgan fingerprint density at radius 2 is 1.89 bits per heavy atom. The molecule has 2 aromatic rings. The first kappa shape index (κ1) is 18.0. The van der Waals surface area contributed by atoms with Crippen molar-refractivity contribution in [2.24, 2.45) is 0 Å². The Morgan fingerprint density at radius 1 is 1.15 bits per heavy atom. The van der Waals surface area contributed by atoms with Gasteiger partial charge in [-0.1, -0.05) is 30.3 Å². The van der Waals surface area contributed by atoms with Gasteiger partial charge >= 0.3 is 0 Å². The summed E-state index contributed by atoms with van der Waals surface area (Å²) in [6.07, 6.45) is 4.85. The monoisotopic (exact) mass is 365 g/mol. The van der Waals surface area contributed by atoms with Gasteiger partial charge in [-0.15, -0.1) is 0 Å². The lowest BCUT2D eigenvalue weighted by atomic mass is 9.81. The Kier molecular flexibility index (Phi) is 4.87. The molecule has 1 amide bonds. The van der Waals surface area contributed by atoms with E-state index in [1.165, 1.54) is 12.0 Å². The zero-order valence-corrected chi connectivity index (χ0v) is 16.1. The largest absolute Gasteiger partial charge is 0.480 e. The van der Waals surface area contributed by atoms with Crippen LogP contribution in [0.15, 0.2) is 48.7 Å². The highest BCUT2D eigenvalue weighted by molar-refractivity contribution is 5.96. The third-order valence-corrected chi connectivity index (χ3v) is 6.38. The van der Waals surface area contributed by atoms with Gasteiger partial charge in [0.2, 0.25) is 5.88 Å². The fourth-order valence-corrected chi connectivity index (χ4v) is 4.75. The molecule has 2 saturated heterocycles. The van der Waals surface area contributed by atoms with Crippen molar-refractivity contribution in [1.82, 2.24) is 14.8 Å². The number of ether oxygens (including phenoxy) is 1. The molecule has 2 aliphatic heterocycles. The quantitative estimate of drug-likeness (QED) is 0.838. The number of hydrogen-bond donors (Lipinski definition) is 0. The Balaban J connectivity index is 1.45. The number of carbonyl (C=O) groups excluding carboxylic acids is 1. The van der Waals surface area contributed by atoms with Crippen LogP contribution in [0.4, 0.5) is 0 Å². The minimum Gasteiger partial charge on any atom is -0.480 e. The number of likely N-dealkylation sites (N-methyl/N-ethyl adjacent to an activating group) is 1. The normalized spacial score (nSPS) is 22.1. The smallest absolute Gasteiger partial charge is 0.259 e. The molecule has 1 atom stereocenters. The number of benzene rings is 1. The molecule has 0 bridgehead atoms. The van der Waals surface area contributed by atoms with E-state index in [9.17, 15) is 4.79 Å². The van der Waals surface area contributed by atoms with Crippen LogP contribution in [0, 0.1) is 0 Å². The fraction of sp³-hybridized carbons (Fsp3) is 0.455. The third kappa shape index (κ3) is 3.32. The average molecular weight is 365 g/mol. The number of methoxy groups -OCH3 is 1. The first-order valence-electron chi connectivity index (χ1n) is 9.67. The average Bonchev–Trinajstić information content (AvgIpc) is 3.04. The first-order valence-corrected chi connectivity index (χ1v) is 9.67. The standard InChI is InChI=1S/C22H27N3O2/c1-24-16-18(17-7-4-3-5-8-17)15-22(24)10-13-25(14-11-22)21(26)19-9-6-12-23-20(19)27-2/h3-9,12,18H,10-11,13-16H2,1-2H3/t18-/m1/s1. The second-order valence-corrected chi connectivity index (χ2v) is 7.77. The minimum atomic E-state index is 0.0232. The van der Waals surface area contributed by atoms with E-state index in [1.807, 2.05) is 4.90 Å². The summed E-state index contributed by atoms with van der Waals surface area (Å²) >= 11 is 0. The van der Waals surface area contributed by atoms with E-state index in [-0.39, 0.29) is 11.4 Å². The van der Waals surface area contributed by atoms with Crippen LogP contribution in [-0.4, -0.2) is 60.0 Å². The van der Waals surface area contributed by atoms with Crippen molar-refractivity contribution in [3.05, 3.63) is 59.8 Å². The van der Waals surface area contributed by atoms with Crippen molar-refractivity contribution >= 4 is 5.91 Å². The fourth-order valence-electron chi connectivity index (χ4n) is 4.75. The molecule has 2 aliphatic rings. The lowest BCUT2D eigenvalue weighted by Crippen LogP contribution is -2.52. The lowest BCUT2D eigenvalue weighted by Gasteiger charge is -2.43. The predicted octanol–water partition coefficient (Wildman–Crippen LogP) is 3.18. The topological polar surface area (TPSA) is 45.7 Å². The van der Waals surface area contributed by atoms with Crippen molar-refractivity contribution in [2.75, 3.05) is 33.8 Å². The van der Waals surface area contributed by atoms with Gasteiger partial charge in [-0.25, -0.2) is 4.98 Å². The summed E-state index contributed by atoms with van der Waals surface area (Å²) in [6, 6.07) is 14.4. The molecule has 142 valence electrons. The van der Waals surface area contributed by atoms with E-state index in [1.54, 1.807) is 25.4 Å². The molecule has 5 heteroatoms. The zero-order valence-electron chi connectivity index (χ0n) is 16.1. The van der Waals surface area contributed by atoms with Gasteiger partial charge in [0.1, 0.15) is 5.56 Å². The lowest BCUT2D eigenvalue weighted by molar-refractivity contribution is 0.0489. The molecule has 1 aromatic heterocycles. The molecule has 0 saturated carbocycles. The summed E-state index contributed by atoms with van der Waals surface area (Å²) < 4.78 is 5.26. The molecule has 3 heterocycles. The Morgan fingerprint density at radius 3 is 2.59 bits per heavy atom. The third-order valence-electron chi connectivity index (χ3n) is 6.38. The van der Waals surface area contributed by atoms with E-state index < -0.39 is 0 Å². The predicted molar refractivity (Wildman–Crippen MR) is 105 cm³/mol. The molecular formula is C22H27N3O2. The number of piperidine rings is 1. The minimum absolute atomic E-state index is 0.0232. The number of rotatable bonds is 3. The van der Waals surface area contributed by atoms with Crippen molar-refractivity contribution in [3.63, 3.8) is 0 Å². The molecule has 2 fully saturated rings. The summed E-state index contributed by atoms with van der Waals surface area (Å²) in [5, 5.41) is 0. The molecule has 0 unspecified atom stereocenters. The number of aromatic nitrogens is 1. The molecule has 5 nitrogen and oxygen atoms in total. The maximum atomic E-state index is 12.9. The van der Waals surface area contributed by atoms with Crippen LogP contribution in [0.3, 0.4) is 0 Å². The zero-order chi connectivity index (χ0) is 18.9. The van der Waals surface area contributed by atoms with E-state index in [2.05, 4.69) is 47.3 Å². The van der Waals surface area contributed by atoms with Crippen LogP contribution < -0.4 is 4.74 Å². The molecule has 4 rings (SSSR count). The van der Waals surface area contributed by atoms with Crippen LogP contribution in [-0.2, 0) is 0 Å².